The lowest BCUT2D eigenvalue weighted by Gasteiger charge is -2.12. The molecule has 1 heterocycles. The van der Waals surface area contributed by atoms with Gasteiger partial charge in [0.1, 0.15) is 5.75 Å². The molecular weight excluding hydrogens is 294 g/mol. The third-order valence-electron chi connectivity index (χ3n) is 3.89. The molecule has 2 aromatic carbocycles. The molecule has 0 atom stereocenters. The number of nitrogens with zero attached hydrogens (tertiary/aromatic N) is 2. The summed E-state index contributed by atoms with van der Waals surface area (Å²) in [5.41, 5.74) is 2.73. The highest BCUT2D eigenvalue weighted by Gasteiger charge is 2.23. The molecule has 2 aromatic rings. The Morgan fingerprint density at radius 2 is 1.87 bits per heavy atom. The van der Waals surface area contributed by atoms with Crippen LogP contribution in [0.1, 0.15) is 18.4 Å². The first kappa shape index (κ1) is 15.0. The minimum atomic E-state index is -0.761. The van der Waals surface area contributed by atoms with Crippen molar-refractivity contribution in [2.24, 2.45) is 5.10 Å². The molecule has 118 valence electrons. The number of hydrogen-bond donors (Lipinski definition) is 2. The Balaban J connectivity index is 1.74. The minimum absolute atomic E-state index is 0.0626. The summed E-state index contributed by atoms with van der Waals surface area (Å²) in [6.07, 6.45) is 3.20. The van der Waals surface area contributed by atoms with Crippen LogP contribution in [0.3, 0.4) is 0 Å². The van der Waals surface area contributed by atoms with Gasteiger partial charge in [0.15, 0.2) is 0 Å². The van der Waals surface area contributed by atoms with Crippen LogP contribution in [0.25, 0.3) is 10.8 Å². The van der Waals surface area contributed by atoms with Gasteiger partial charge < -0.3 is 10.0 Å². The number of nitrogens with one attached hydrogen (secondary N) is 1. The van der Waals surface area contributed by atoms with Gasteiger partial charge in [0.05, 0.1) is 6.21 Å². The van der Waals surface area contributed by atoms with Crippen molar-refractivity contribution in [1.82, 2.24) is 10.3 Å². The zero-order chi connectivity index (χ0) is 16.2. The molecule has 1 aliphatic rings. The number of fused-ring (bicyclic) bond motifs is 1. The number of rotatable bonds is 2. The minimum Gasteiger partial charge on any atom is -0.507 e. The maximum absolute atomic E-state index is 11.9. The second-order valence-corrected chi connectivity index (χ2v) is 5.42. The van der Waals surface area contributed by atoms with E-state index in [-0.39, 0.29) is 5.75 Å². The molecule has 2 N–H and O–H groups in total. The number of hydrazone groups is 1. The summed E-state index contributed by atoms with van der Waals surface area (Å²) in [5, 5.41) is 15.6. The number of likely N-dealkylation sites (tertiary alicyclic amines) is 1. The van der Waals surface area contributed by atoms with E-state index in [0.717, 1.165) is 23.6 Å². The molecular formula is C17H17N3O3. The van der Waals surface area contributed by atoms with Crippen LogP contribution >= 0.6 is 0 Å². The highest BCUT2D eigenvalue weighted by molar-refractivity contribution is 6.35. The lowest BCUT2D eigenvalue weighted by molar-refractivity contribution is -0.145. The van der Waals surface area contributed by atoms with Crippen molar-refractivity contribution in [3.63, 3.8) is 0 Å². The molecule has 6 heteroatoms. The van der Waals surface area contributed by atoms with E-state index in [1.54, 1.807) is 12.1 Å². The first-order valence-electron chi connectivity index (χ1n) is 7.50. The molecule has 0 radical (unpaired) electrons. The Morgan fingerprint density at radius 1 is 1.13 bits per heavy atom. The normalized spacial score (nSPS) is 14.5. The van der Waals surface area contributed by atoms with E-state index in [1.807, 2.05) is 24.3 Å². The van der Waals surface area contributed by atoms with Crippen molar-refractivity contribution in [1.29, 1.82) is 0 Å². The fraction of sp³-hybridized carbons (Fsp3) is 0.235. The topological polar surface area (TPSA) is 82.0 Å². The zero-order valence-electron chi connectivity index (χ0n) is 12.5. The number of aromatic hydroxyl groups is 1. The molecule has 3 rings (SSSR count). The quantitative estimate of drug-likeness (QED) is 0.502. The second-order valence-electron chi connectivity index (χ2n) is 5.42. The predicted octanol–water partition coefficient (Wildman–Crippen LogP) is 1.62. The Hall–Kier alpha value is -2.89. The van der Waals surface area contributed by atoms with Gasteiger partial charge in [0.25, 0.3) is 0 Å². The summed E-state index contributed by atoms with van der Waals surface area (Å²) in [7, 11) is 0. The van der Waals surface area contributed by atoms with Crippen molar-refractivity contribution in [2.45, 2.75) is 12.8 Å². The molecule has 0 unspecified atom stereocenters. The smallest absolute Gasteiger partial charge is 0.329 e. The summed E-state index contributed by atoms with van der Waals surface area (Å²) < 4.78 is 0. The number of carbonyl (C=O) groups excluding carboxylic acids is 2. The van der Waals surface area contributed by atoms with Crippen LogP contribution in [-0.2, 0) is 9.59 Å². The standard InChI is InChI=1S/C17H17N3O3/c21-15-8-7-12-5-1-2-6-13(12)14(15)11-18-19-16(22)17(23)20-9-3-4-10-20/h1-2,5-8,11,21H,3-4,9-10H2,(H,19,22)/b18-11+. The van der Waals surface area contributed by atoms with E-state index < -0.39 is 11.8 Å². The molecule has 0 saturated carbocycles. The van der Waals surface area contributed by atoms with Crippen LogP contribution in [0.5, 0.6) is 5.75 Å². The number of phenolic OH excluding ortho intramolecular Hbond substituents is 1. The maximum Gasteiger partial charge on any atom is 0.329 e. The molecule has 23 heavy (non-hydrogen) atoms. The Bertz CT molecular complexity index is 780. The van der Waals surface area contributed by atoms with E-state index in [1.165, 1.54) is 11.1 Å². The van der Waals surface area contributed by atoms with Crippen LogP contribution in [0.2, 0.25) is 0 Å². The van der Waals surface area contributed by atoms with Gasteiger partial charge in [0, 0.05) is 18.7 Å². The van der Waals surface area contributed by atoms with Crippen LogP contribution in [0, 0.1) is 0 Å². The SMILES string of the molecule is O=C(N/N=C/c1c(O)ccc2ccccc12)C(=O)N1CCCC1. The molecule has 2 amide bonds. The molecule has 1 aliphatic heterocycles. The number of phenols is 1. The van der Waals surface area contributed by atoms with Crippen LogP contribution in [-0.4, -0.2) is 41.1 Å². The Kier molecular flexibility index (Phi) is 4.23. The molecule has 0 bridgehead atoms. The van der Waals surface area contributed by atoms with E-state index >= 15 is 0 Å². The maximum atomic E-state index is 11.9. The van der Waals surface area contributed by atoms with Gasteiger partial charge in [0.2, 0.25) is 0 Å². The molecule has 0 spiro atoms. The van der Waals surface area contributed by atoms with Crippen molar-refractivity contribution < 1.29 is 14.7 Å². The summed E-state index contributed by atoms with van der Waals surface area (Å²) in [6.45, 7) is 1.22. The fourth-order valence-electron chi connectivity index (χ4n) is 2.69. The van der Waals surface area contributed by atoms with Crippen molar-refractivity contribution in [3.05, 3.63) is 42.0 Å². The lowest BCUT2D eigenvalue weighted by Crippen LogP contribution is -2.39. The lowest BCUT2D eigenvalue weighted by atomic mass is 10.0. The average molecular weight is 311 g/mol. The summed E-state index contributed by atoms with van der Waals surface area (Å²) in [6, 6.07) is 10.9. The van der Waals surface area contributed by atoms with Crippen molar-refractivity contribution in [2.75, 3.05) is 13.1 Å². The fourth-order valence-corrected chi connectivity index (χ4v) is 2.69. The van der Waals surface area contributed by atoms with Gasteiger partial charge in [-0.15, -0.1) is 0 Å². The van der Waals surface area contributed by atoms with Crippen molar-refractivity contribution >= 4 is 28.8 Å². The summed E-state index contributed by atoms with van der Waals surface area (Å²) in [4.78, 5) is 25.2. The first-order valence-corrected chi connectivity index (χ1v) is 7.50. The second kappa shape index (κ2) is 6.48. The zero-order valence-corrected chi connectivity index (χ0v) is 12.5. The van der Waals surface area contributed by atoms with Gasteiger partial charge >= 0.3 is 11.8 Å². The van der Waals surface area contributed by atoms with Gasteiger partial charge in [-0.2, -0.15) is 5.10 Å². The van der Waals surface area contributed by atoms with E-state index in [0.29, 0.717) is 18.7 Å². The highest BCUT2D eigenvalue weighted by Crippen LogP contribution is 2.25. The van der Waals surface area contributed by atoms with Crippen LogP contribution in [0.15, 0.2) is 41.5 Å². The van der Waals surface area contributed by atoms with Crippen LogP contribution < -0.4 is 5.43 Å². The molecule has 0 aliphatic carbocycles. The monoisotopic (exact) mass is 311 g/mol. The molecule has 0 aromatic heterocycles. The molecule has 1 fully saturated rings. The van der Waals surface area contributed by atoms with Crippen LogP contribution in [0.4, 0.5) is 0 Å². The predicted molar refractivity (Wildman–Crippen MR) is 87.2 cm³/mol. The number of hydrogen-bond acceptors (Lipinski definition) is 4. The summed E-state index contributed by atoms with van der Waals surface area (Å²) in [5.74, 6) is -1.27. The van der Waals surface area contributed by atoms with Gasteiger partial charge in [-0.3, -0.25) is 9.59 Å². The Labute approximate surface area is 133 Å². The van der Waals surface area contributed by atoms with Crippen molar-refractivity contribution in [3.8, 4) is 5.75 Å². The number of carbonyl (C=O) groups is 2. The van der Waals surface area contributed by atoms with E-state index in [4.69, 9.17) is 0 Å². The third kappa shape index (κ3) is 3.15. The third-order valence-corrected chi connectivity index (χ3v) is 3.89. The van der Waals surface area contributed by atoms with E-state index in [2.05, 4.69) is 10.5 Å². The molecule has 1 saturated heterocycles. The first-order chi connectivity index (χ1) is 11.2. The number of benzene rings is 2. The average Bonchev–Trinajstić information content (AvgIpc) is 3.10. The Morgan fingerprint density at radius 3 is 2.65 bits per heavy atom. The van der Waals surface area contributed by atoms with Gasteiger partial charge in [-0.25, -0.2) is 5.43 Å². The summed E-state index contributed by atoms with van der Waals surface area (Å²) >= 11 is 0. The number of amides is 2. The largest absolute Gasteiger partial charge is 0.507 e. The molecule has 6 nitrogen and oxygen atoms in total. The van der Waals surface area contributed by atoms with Gasteiger partial charge in [-0.05, 0) is 29.7 Å². The van der Waals surface area contributed by atoms with Gasteiger partial charge in [-0.1, -0.05) is 30.3 Å². The highest BCUT2D eigenvalue weighted by atomic mass is 16.3. The van der Waals surface area contributed by atoms with E-state index in [9.17, 15) is 14.7 Å².